The van der Waals surface area contributed by atoms with E-state index in [1.807, 2.05) is 31.2 Å². The lowest BCUT2D eigenvalue weighted by Gasteiger charge is -2.14. The molecule has 2 rings (SSSR count). The molecule has 2 aromatic rings. The molecule has 0 saturated carbocycles. The van der Waals surface area contributed by atoms with E-state index >= 15 is 0 Å². The van der Waals surface area contributed by atoms with E-state index < -0.39 is 0 Å². The smallest absolute Gasteiger partial charge is 0.307 e. The third kappa shape index (κ3) is 2.96. The molecule has 5 nitrogen and oxygen atoms in total. The van der Waals surface area contributed by atoms with E-state index in [9.17, 15) is 4.79 Å². The van der Waals surface area contributed by atoms with Gasteiger partial charge in [-0.2, -0.15) is 0 Å². The van der Waals surface area contributed by atoms with Crippen LogP contribution in [0.5, 0.6) is 0 Å². The van der Waals surface area contributed by atoms with Gasteiger partial charge in [0.1, 0.15) is 0 Å². The van der Waals surface area contributed by atoms with Crippen molar-refractivity contribution < 1.29 is 4.79 Å². The highest BCUT2D eigenvalue weighted by molar-refractivity contribution is 7.19. The zero-order valence-corrected chi connectivity index (χ0v) is 11.4. The number of aryl methyl sites for hydroxylation is 1. The molecule has 0 bridgehead atoms. The van der Waals surface area contributed by atoms with Gasteiger partial charge in [-0.05, 0) is 36.2 Å². The number of amides is 2. The Labute approximate surface area is 113 Å². The molecule has 7 heteroatoms. The second kappa shape index (κ2) is 5.32. The van der Waals surface area contributed by atoms with E-state index in [2.05, 4.69) is 15.5 Å². The van der Waals surface area contributed by atoms with Crippen LogP contribution in [0.3, 0.4) is 0 Å². The monoisotopic (exact) mass is 282 g/mol. The quantitative estimate of drug-likeness (QED) is 0.920. The van der Waals surface area contributed by atoms with E-state index in [4.69, 9.17) is 11.6 Å². The molecule has 1 aromatic carbocycles. The lowest BCUT2D eigenvalue weighted by molar-refractivity contribution is 0.258. The molecule has 0 spiro atoms. The molecular formula is C11H11ClN4OS. The number of carbonyl (C=O) groups is 1. The van der Waals surface area contributed by atoms with Gasteiger partial charge in [-0.1, -0.05) is 23.5 Å². The normalized spacial score (nSPS) is 10.2. The van der Waals surface area contributed by atoms with Crippen molar-refractivity contribution >= 4 is 39.8 Å². The number of aromatic nitrogens is 2. The van der Waals surface area contributed by atoms with E-state index in [0.29, 0.717) is 9.60 Å². The standard InChI is InChI=1S/C11H11ClN4OS/c1-7-4-3-5-8(6-7)13-10(17)16(2)11-15-14-9(12)18-11/h3-6H,1-2H3,(H,13,17). The van der Waals surface area contributed by atoms with Crippen molar-refractivity contribution in [3.63, 3.8) is 0 Å². The van der Waals surface area contributed by atoms with Gasteiger partial charge in [-0.15, -0.1) is 10.2 Å². The number of urea groups is 1. The number of hydrogen-bond acceptors (Lipinski definition) is 4. The van der Waals surface area contributed by atoms with Crippen LogP contribution in [0.15, 0.2) is 24.3 Å². The summed E-state index contributed by atoms with van der Waals surface area (Å²) in [5.74, 6) is 0. The third-order valence-corrected chi connectivity index (χ3v) is 3.35. The number of rotatable bonds is 2. The van der Waals surface area contributed by atoms with Crippen molar-refractivity contribution in [2.24, 2.45) is 0 Å². The Morgan fingerprint density at radius 3 is 2.83 bits per heavy atom. The van der Waals surface area contributed by atoms with Crippen LogP contribution in [0.25, 0.3) is 0 Å². The van der Waals surface area contributed by atoms with Crippen LogP contribution in [0.4, 0.5) is 15.6 Å². The molecular weight excluding hydrogens is 272 g/mol. The van der Waals surface area contributed by atoms with E-state index in [-0.39, 0.29) is 6.03 Å². The maximum atomic E-state index is 11.9. The van der Waals surface area contributed by atoms with Gasteiger partial charge in [-0.25, -0.2) is 4.79 Å². The molecule has 0 aliphatic rings. The van der Waals surface area contributed by atoms with Gasteiger partial charge >= 0.3 is 6.03 Å². The second-order valence-electron chi connectivity index (χ2n) is 3.70. The maximum absolute atomic E-state index is 11.9. The number of nitrogens with one attached hydrogen (secondary N) is 1. The second-order valence-corrected chi connectivity index (χ2v) is 5.23. The lowest BCUT2D eigenvalue weighted by atomic mass is 10.2. The fourth-order valence-corrected chi connectivity index (χ4v) is 2.13. The maximum Gasteiger partial charge on any atom is 0.327 e. The van der Waals surface area contributed by atoms with Crippen molar-refractivity contribution in [3.05, 3.63) is 34.3 Å². The first-order valence-electron chi connectivity index (χ1n) is 5.16. The summed E-state index contributed by atoms with van der Waals surface area (Å²) in [6.07, 6.45) is 0. The lowest BCUT2D eigenvalue weighted by Crippen LogP contribution is -2.31. The van der Waals surface area contributed by atoms with Gasteiger partial charge in [0, 0.05) is 12.7 Å². The largest absolute Gasteiger partial charge is 0.327 e. The molecule has 0 saturated heterocycles. The van der Waals surface area contributed by atoms with Gasteiger partial charge in [0.15, 0.2) is 0 Å². The predicted molar refractivity (Wildman–Crippen MR) is 73.5 cm³/mol. The van der Waals surface area contributed by atoms with Crippen LogP contribution in [-0.4, -0.2) is 23.3 Å². The first kappa shape index (κ1) is 12.8. The summed E-state index contributed by atoms with van der Waals surface area (Å²) in [5.41, 5.74) is 1.82. The molecule has 0 fully saturated rings. The Morgan fingerprint density at radius 1 is 1.44 bits per heavy atom. The van der Waals surface area contributed by atoms with Gasteiger partial charge in [0.25, 0.3) is 0 Å². The SMILES string of the molecule is Cc1cccc(NC(=O)N(C)c2nnc(Cl)s2)c1. The van der Waals surface area contributed by atoms with Crippen molar-refractivity contribution in [1.82, 2.24) is 10.2 Å². The first-order chi connectivity index (χ1) is 8.56. The van der Waals surface area contributed by atoms with Gasteiger partial charge < -0.3 is 5.32 Å². The van der Waals surface area contributed by atoms with Crippen molar-refractivity contribution in [2.45, 2.75) is 6.92 Å². The number of halogens is 1. The minimum Gasteiger partial charge on any atom is -0.307 e. The minimum absolute atomic E-state index is 0.284. The number of carbonyl (C=O) groups excluding carboxylic acids is 1. The minimum atomic E-state index is -0.284. The molecule has 94 valence electrons. The highest BCUT2D eigenvalue weighted by Crippen LogP contribution is 2.23. The molecule has 18 heavy (non-hydrogen) atoms. The Bertz CT molecular complexity index is 572. The summed E-state index contributed by atoms with van der Waals surface area (Å²) in [6, 6.07) is 7.27. The highest BCUT2D eigenvalue weighted by atomic mass is 35.5. The summed E-state index contributed by atoms with van der Waals surface area (Å²) in [5, 5.41) is 10.7. The third-order valence-electron chi connectivity index (χ3n) is 2.25. The number of nitrogens with zero attached hydrogens (tertiary/aromatic N) is 3. The van der Waals surface area contributed by atoms with Crippen molar-refractivity contribution in [1.29, 1.82) is 0 Å². The molecule has 1 aromatic heterocycles. The van der Waals surface area contributed by atoms with E-state index in [1.165, 1.54) is 4.90 Å². The summed E-state index contributed by atoms with van der Waals surface area (Å²) in [6.45, 7) is 1.96. The van der Waals surface area contributed by atoms with Gasteiger partial charge in [-0.3, -0.25) is 4.90 Å². The fraction of sp³-hybridized carbons (Fsp3) is 0.182. The Hall–Kier alpha value is -1.66. The number of hydrogen-bond donors (Lipinski definition) is 1. The van der Waals surface area contributed by atoms with Crippen LogP contribution < -0.4 is 10.2 Å². The molecule has 2 amide bonds. The molecule has 0 unspecified atom stereocenters. The van der Waals surface area contributed by atoms with Gasteiger partial charge in [0.05, 0.1) is 0 Å². The topological polar surface area (TPSA) is 58.1 Å². The molecule has 0 aliphatic carbocycles. The predicted octanol–water partition coefficient (Wildman–Crippen LogP) is 3.17. The van der Waals surface area contributed by atoms with Crippen LogP contribution in [0.1, 0.15) is 5.56 Å². The molecule has 0 atom stereocenters. The van der Waals surface area contributed by atoms with E-state index in [1.54, 1.807) is 7.05 Å². The highest BCUT2D eigenvalue weighted by Gasteiger charge is 2.15. The Morgan fingerprint density at radius 2 is 2.22 bits per heavy atom. The zero-order chi connectivity index (χ0) is 13.1. The van der Waals surface area contributed by atoms with Crippen LogP contribution >= 0.6 is 22.9 Å². The van der Waals surface area contributed by atoms with Crippen LogP contribution in [0, 0.1) is 6.92 Å². The molecule has 1 N–H and O–H groups in total. The summed E-state index contributed by atoms with van der Waals surface area (Å²) < 4.78 is 0.306. The Balaban J connectivity index is 2.08. The average molecular weight is 283 g/mol. The number of anilines is 2. The average Bonchev–Trinajstić information content (AvgIpc) is 2.75. The van der Waals surface area contributed by atoms with Crippen molar-refractivity contribution in [3.8, 4) is 0 Å². The van der Waals surface area contributed by atoms with Crippen LogP contribution in [-0.2, 0) is 0 Å². The van der Waals surface area contributed by atoms with Crippen LogP contribution in [0.2, 0.25) is 4.47 Å². The molecule has 0 radical (unpaired) electrons. The molecule has 1 heterocycles. The fourth-order valence-electron chi connectivity index (χ4n) is 1.35. The van der Waals surface area contributed by atoms with E-state index in [0.717, 1.165) is 22.6 Å². The Kier molecular flexibility index (Phi) is 3.78. The number of benzene rings is 1. The molecule has 0 aliphatic heterocycles. The van der Waals surface area contributed by atoms with Crippen molar-refractivity contribution in [2.75, 3.05) is 17.3 Å². The summed E-state index contributed by atoms with van der Waals surface area (Å²) in [7, 11) is 1.61. The van der Waals surface area contributed by atoms with Gasteiger partial charge in [0.2, 0.25) is 9.60 Å². The zero-order valence-electron chi connectivity index (χ0n) is 9.85. The first-order valence-corrected chi connectivity index (χ1v) is 6.36. The summed E-state index contributed by atoms with van der Waals surface area (Å²) >= 11 is 6.82. The summed E-state index contributed by atoms with van der Waals surface area (Å²) in [4.78, 5) is 13.3.